The summed E-state index contributed by atoms with van der Waals surface area (Å²) >= 11 is 7.61. The van der Waals surface area contributed by atoms with Crippen molar-refractivity contribution in [3.8, 4) is 0 Å². The fourth-order valence-electron chi connectivity index (χ4n) is 2.29. The molecule has 0 unspecified atom stereocenters. The van der Waals surface area contributed by atoms with E-state index in [4.69, 9.17) is 17.3 Å². The van der Waals surface area contributed by atoms with Gasteiger partial charge in [-0.05, 0) is 43.0 Å². The van der Waals surface area contributed by atoms with Crippen molar-refractivity contribution in [3.05, 3.63) is 44.6 Å². The summed E-state index contributed by atoms with van der Waals surface area (Å²) in [7, 11) is 0. The van der Waals surface area contributed by atoms with Crippen molar-refractivity contribution in [1.29, 1.82) is 0 Å². The van der Waals surface area contributed by atoms with Gasteiger partial charge in [-0.2, -0.15) is 0 Å². The number of carbonyl (C=O) groups excluding carboxylic acids is 1. The Hall–Kier alpha value is -1.52. The second kappa shape index (κ2) is 4.87. The Morgan fingerprint density at radius 1 is 1.37 bits per heavy atom. The first kappa shape index (κ1) is 12.5. The van der Waals surface area contributed by atoms with Crippen LogP contribution in [0, 0.1) is 0 Å². The van der Waals surface area contributed by atoms with Crippen molar-refractivity contribution in [2.45, 2.75) is 19.3 Å². The van der Waals surface area contributed by atoms with Crippen molar-refractivity contribution in [1.82, 2.24) is 0 Å². The smallest absolute Gasteiger partial charge is 0.265 e. The number of halogens is 1. The molecule has 0 radical (unpaired) electrons. The molecular weight excluding hydrogens is 280 g/mol. The third kappa shape index (κ3) is 2.33. The molecule has 0 saturated heterocycles. The van der Waals surface area contributed by atoms with Crippen molar-refractivity contribution >= 4 is 40.2 Å². The highest BCUT2D eigenvalue weighted by atomic mass is 35.5. The fourth-order valence-corrected chi connectivity index (χ4v) is 3.67. The number of benzene rings is 1. The molecule has 0 spiro atoms. The van der Waals surface area contributed by atoms with E-state index in [1.165, 1.54) is 16.9 Å². The lowest BCUT2D eigenvalue weighted by atomic mass is 10.2. The number of carbonyl (C=O) groups is 1. The number of amides is 1. The molecule has 2 aromatic rings. The zero-order valence-electron chi connectivity index (χ0n) is 10.2. The van der Waals surface area contributed by atoms with Crippen molar-refractivity contribution in [3.63, 3.8) is 0 Å². The van der Waals surface area contributed by atoms with Gasteiger partial charge in [0.15, 0.2) is 0 Å². The number of para-hydroxylation sites is 1. The van der Waals surface area contributed by atoms with Crippen LogP contribution >= 0.6 is 22.9 Å². The first-order valence-corrected chi connectivity index (χ1v) is 7.31. The van der Waals surface area contributed by atoms with E-state index < -0.39 is 0 Å². The van der Waals surface area contributed by atoms with E-state index in [2.05, 4.69) is 5.32 Å². The molecule has 5 heteroatoms. The van der Waals surface area contributed by atoms with E-state index in [9.17, 15) is 4.79 Å². The Morgan fingerprint density at radius 3 is 2.95 bits per heavy atom. The van der Waals surface area contributed by atoms with Gasteiger partial charge in [-0.1, -0.05) is 17.7 Å². The molecule has 1 aromatic heterocycles. The maximum Gasteiger partial charge on any atom is 0.265 e. The van der Waals surface area contributed by atoms with E-state index >= 15 is 0 Å². The molecule has 1 aromatic carbocycles. The highest BCUT2D eigenvalue weighted by Crippen LogP contribution is 2.32. The minimum Gasteiger partial charge on any atom is -0.397 e. The predicted molar refractivity (Wildman–Crippen MR) is 80.2 cm³/mol. The van der Waals surface area contributed by atoms with Crippen LogP contribution in [-0.4, -0.2) is 5.91 Å². The summed E-state index contributed by atoms with van der Waals surface area (Å²) in [5.74, 6) is -0.140. The average molecular weight is 293 g/mol. The van der Waals surface area contributed by atoms with Gasteiger partial charge in [-0.3, -0.25) is 4.79 Å². The number of nitrogen functional groups attached to an aromatic ring is 1. The Labute approximate surface area is 120 Å². The van der Waals surface area contributed by atoms with E-state index in [1.54, 1.807) is 29.5 Å². The summed E-state index contributed by atoms with van der Waals surface area (Å²) in [6, 6.07) is 7.17. The topological polar surface area (TPSA) is 55.1 Å². The van der Waals surface area contributed by atoms with E-state index in [0.29, 0.717) is 16.4 Å². The molecule has 1 amide bonds. The lowest BCUT2D eigenvalue weighted by Gasteiger charge is -2.08. The Morgan fingerprint density at radius 2 is 2.21 bits per heavy atom. The molecular formula is C14H13ClN2OS. The Kier molecular flexibility index (Phi) is 3.21. The summed E-state index contributed by atoms with van der Waals surface area (Å²) in [4.78, 5) is 14.3. The molecule has 0 bridgehead atoms. The molecule has 1 heterocycles. The largest absolute Gasteiger partial charge is 0.397 e. The van der Waals surface area contributed by atoms with Crippen LogP contribution in [0.25, 0.3) is 0 Å². The second-order valence-electron chi connectivity index (χ2n) is 4.57. The van der Waals surface area contributed by atoms with Gasteiger partial charge < -0.3 is 11.1 Å². The number of anilines is 2. The SMILES string of the molecule is Nc1cccc(Cl)c1NC(=O)c1cc2c(s1)CCC2. The summed E-state index contributed by atoms with van der Waals surface area (Å²) in [6.45, 7) is 0. The quantitative estimate of drug-likeness (QED) is 0.829. The van der Waals surface area contributed by atoms with E-state index in [1.807, 2.05) is 6.07 Å². The first-order chi connectivity index (χ1) is 9.15. The van der Waals surface area contributed by atoms with Crippen LogP contribution in [0.1, 0.15) is 26.5 Å². The third-order valence-electron chi connectivity index (χ3n) is 3.25. The lowest BCUT2D eigenvalue weighted by molar-refractivity contribution is 0.103. The molecule has 3 rings (SSSR count). The molecule has 3 nitrogen and oxygen atoms in total. The molecule has 98 valence electrons. The lowest BCUT2D eigenvalue weighted by Crippen LogP contribution is -2.12. The van der Waals surface area contributed by atoms with Gasteiger partial charge in [-0.15, -0.1) is 11.3 Å². The number of rotatable bonds is 2. The molecule has 0 atom stereocenters. The standard InChI is InChI=1S/C14H13ClN2OS/c15-9-4-2-5-10(16)13(9)17-14(18)12-7-8-3-1-6-11(8)19-12/h2,4-5,7H,1,3,6,16H2,(H,17,18). The minimum absolute atomic E-state index is 0.140. The van der Waals surface area contributed by atoms with Gasteiger partial charge in [0, 0.05) is 4.88 Å². The molecule has 19 heavy (non-hydrogen) atoms. The molecule has 3 N–H and O–H groups in total. The van der Waals surface area contributed by atoms with Gasteiger partial charge in [0.2, 0.25) is 0 Å². The van der Waals surface area contributed by atoms with Crippen molar-refractivity contribution in [2.75, 3.05) is 11.1 Å². The van der Waals surface area contributed by atoms with Crippen molar-refractivity contribution in [2.24, 2.45) is 0 Å². The minimum atomic E-state index is -0.140. The zero-order valence-corrected chi connectivity index (χ0v) is 11.8. The monoisotopic (exact) mass is 292 g/mol. The van der Waals surface area contributed by atoms with Crippen molar-refractivity contribution < 1.29 is 4.79 Å². The average Bonchev–Trinajstić information content (AvgIpc) is 2.94. The van der Waals surface area contributed by atoms with Crippen LogP contribution in [-0.2, 0) is 12.8 Å². The zero-order chi connectivity index (χ0) is 13.4. The molecule has 1 aliphatic rings. The van der Waals surface area contributed by atoms with Crippen LogP contribution < -0.4 is 11.1 Å². The number of nitrogens with one attached hydrogen (secondary N) is 1. The van der Waals surface area contributed by atoms with Gasteiger partial charge in [0.1, 0.15) is 0 Å². The first-order valence-electron chi connectivity index (χ1n) is 6.12. The van der Waals surface area contributed by atoms with E-state index in [0.717, 1.165) is 17.7 Å². The molecule has 1 aliphatic carbocycles. The number of hydrogen-bond acceptors (Lipinski definition) is 3. The van der Waals surface area contributed by atoms with Crippen LogP contribution in [0.15, 0.2) is 24.3 Å². The Bertz CT molecular complexity index is 609. The van der Waals surface area contributed by atoms with Gasteiger partial charge >= 0.3 is 0 Å². The van der Waals surface area contributed by atoms with Crippen LogP contribution in [0.5, 0.6) is 0 Å². The number of nitrogens with two attached hydrogens (primary N) is 1. The summed E-state index contributed by atoms with van der Waals surface area (Å²) in [6.07, 6.45) is 3.36. The van der Waals surface area contributed by atoms with Gasteiger partial charge in [0.05, 0.1) is 21.3 Å². The van der Waals surface area contributed by atoms with Crippen LogP contribution in [0.4, 0.5) is 11.4 Å². The summed E-state index contributed by atoms with van der Waals surface area (Å²) in [5.41, 5.74) is 8.10. The molecule has 0 fully saturated rings. The normalized spacial score (nSPS) is 13.3. The predicted octanol–water partition coefficient (Wildman–Crippen LogP) is 3.72. The molecule has 0 saturated carbocycles. The van der Waals surface area contributed by atoms with Crippen LogP contribution in [0.2, 0.25) is 5.02 Å². The summed E-state index contributed by atoms with van der Waals surface area (Å²) < 4.78 is 0. The maximum absolute atomic E-state index is 12.2. The maximum atomic E-state index is 12.2. The fraction of sp³-hybridized carbons (Fsp3) is 0.214. The van der Waals surface area contributed by atoms with Gasteiger partial charge in [0.25, 0.3) is 5.91 Å². The number of hydrogen-bond donors (Lipinski definition) is 2. The third-order valence-corrected chi connectivity index (χ3v) is 4.81. The number of fused-ring (bicyclic) bond motifs is 1. The molecule has 0 aliphatic heterocycles. The number of aryl methyl sites for hydroxylation is 2. The van der Waals surface area contributed by atoms with Crippen LogP contribution in [0.3, 0.4) is 0 Å². The highest BCUT2D eigenvalue weighted by Gasteiger charge is 2.19. The Balaban J connectivity index is 1.85. The van der Waals surface area contributed by atoms with Gasteiger partial charge in [-0.25, -0.2) is 0 Å². The summed E-state index contributed by atoms with van der Waals surface area (Å²) in [5, 5.41) is 3.25. The second-order valence-corrected chi connectivity index (χ2v) is 6.11. The highest BCUT2D eigenvalue weighted by molar-refractivity contribution is 7.14. The van der Waals surface area contributed by atoms with E-state index in [-0.39, 0.29) is 5.91 Å². The number of thiophene rings is 1.